The van der Waals surface area contributed by atoms with Gasteiger partial charge in [-0.3, -0.25) is 4.79 Å². The van der Waals surface area contributed by atoms with Crippen LogP contribution in [0.5, 0.6) is 5.75 Å². The number of aryl methyl sites for hydroxylation is 2. The second-order valence-electron chi connectivity index (χ2n) is 7.74. The minimum Gasteiger partial charge on any atom is -0.484 e. The summed E-state index contributed by atoms with van der Waals surface area (Å²) in [5.74, 6) is -0.397. The Morgan fingerprint density at radius 2 is 2.00 bits per heavy atom. The third kappa shape index (κ3) is 4.55. The standard InChI is InChI=1S/C24H25NO6S/c1-3-6-14-11-21(27)31-18-12-15(9-10-16(14)18)30-13-20(26)25-23-22(24(28)29-2)17-7-4-5-8-19(17)32-23/h9-12H,3-8,13H2,1-2H3,(H,25,26). The molecule has 1 aliphatic carbocycles. The highest BCUT2D eigenvalue weighted by atomic mass is 32.1. The number of esters is 1. The molecule has 0 radical (unpaired) electrons. The number of benzene rings is 1. The van der Waals surface area contributed by atoms with Gasteiger partial charge in [0.1, 0.15) is 16.3 Å². The Hall–Kier alpha value is -3.13. The first-order chi connectivity index (χ1) is 15.5. The van der Waals surface area contributed by atoms with Crippen LogP contribution in [0.4, 0.5) is 5.00 Å². The summed E-state index contributed by atoms with van der Waals surface area (Å²) < 4.78 is 15.9. The topological polar surface area (TPSA) is 94.8 Å². The van der Waals surface area contributed by atoms with Crippen molar-refractivity contribution in [3.8, 4) is 5.75 Å². The van der Waals surface area contributed by atoms with Crippen molar-refractivity contribution in [3.05, 3.63) is 56.3 Å². The molecule has 3 aromatic rings. The summed E-state index contributed by atoms with van der Waals surface area (Å²) in [4.78, 5) is 37.9. The van der Waals surface area contributed by atoms with Crippen LogP contribution in [0.15, 0.2) is 33.5 Å². The molecule has 0 unspecified atom stereocenters. The highest BCUT2D eigenvalue weighted by Crippen LogP contribution is 2.38. The van der Waals surface area contributed by atoms with E-state index < -0.39 is 11.6 Å². The zero-order valence-corrected chi connectivity index (χ0v) is 18.9. The fourth-order valence-corrected chi connectivity index (χ4v) is 5.35. The molecule has 0 saturated heterocycles. The van der Waals surface area contributed by atoms with Gasteiger partial charge < -0.3 is 19.2 Å². The summed E-state index contributed by atoms with van der Waals surface area (Å²) in [5.41, 5.74) is 2.39. The molecule has 2 aromatic heterocycles. The van der Waals surface area contributed by atoms with E-state index in [0.29, 0.717) is 21.9 Å². The summed E-state index contributed by atoms with van der Waals surface area (Å²) in [6.45, 7) is 1.81. The number of methoxy groups -OCH3 is 1. The number of fused-ring (bicyclic) bond motifs is 2. The molecule has 0 bridgehead atoms. The van der Waals surface area contributed by atoms with Crippen LogP contribution in [-0.4, -0.2) is 25.6 Å². The van der Waals surface area contributed by atoms with E-state index in [0.717, 1.165) is 59.9 Å². The first-order valence-electron chi connectivity index (χ1n) is 10.7. The molecule has 0 fully saturated rings. The Labute approximate surface area is 189 Å². The van der Waals surface area contributed by atoms with Gasteiger partial charge in [-0.25, -0.2) is 9.59 Å². The van der Waals surface area contributed by atoms with E-state index in [2.05, 4.69) is 5.32 Å². The molecule has 32 heavy (non-hydrogen) atoms. The molecule has 1 aliphatic rings. The number of anilines is 1. The van der Waals surface area contributed by atoms with E-state index in [9.17, 15) is 14.4 Å². The maximum Gasteiger partial charge on any atom is 0.341 e. The molecule has 0 atom stereocenters. The fraction of sp³-hybridized carbons (Fsp3) is 0.375. The lowest BCUT2D eigenvalue weighted by Crippen LogP contribution is -2.21. The second-order valence-corrected chi connectivity index (χ2v) is 8.85. The van der Waals surface area contributed by atoms with Crippen molar-refractivity contribution in [2.75, 3.05) is 19.0 Å². The Bertz CT molecular complexity index is 1230. The average molecular weight is 456 g/mol. The monoisotopic (exact) mass is 455 g/mol. The lowest BCUT2D eigenvalue weighted by Gasteiger charge is -2.12. The molecular weight excluding hydrogens is 430 g/mol. The summed E-state index contributed by atoms with van der Waals surface area (Å²) in [5, 5.41) is 4.17. The van der Waals surface area contributed by atoms with Gasteiger partial charge in [0.15, 0.2) is 6.61 Å². The van der Waals surface area contributed by atoms with Crippen LogP contribution in [0.3, 0.4) is 0 Å². The van der Waals surface area contributed by atoms with Crippen molar-refractivity contribution in [2.24, 2.45) is 0 Å². The van der Waals surface area contributed by atoms with E-state index in [4.69, 9.17) is 13.9 Å². The van der Waals surface area contributed by atoms with Crippen molar-refractivity contribution >= 4 is 39.2 Å². The van der Waals surface area contributed by atoms with Crippen molar-refractivity contribution in [3.63, 3.8) is 0 Å². The van der Waals surface area contributed by atoms with Gasteiger partial charge in [-0.05, 0) is 55.4 Å². The minimum atomic E-state index is -0.437. The van der Waals surface area contributed by atoms with Gasteiger partial charge in [0.25, 0.3) is 5.91 Å². The number of amides is 1. The van der Waals surface area contributed by atoms with Crippen LogP contribution < -0.4 is 15.7 Å². The number of rotatable bonds is 7. The number of ether oxygens (including phenoxy) is 2. The summed E-state index contributed by atoms with van der Waals surface area (Å²) in [6.07, 6.45) is 5.49. The Balaban J connectivity index is 1.49. The zero-order valence-electron chi connectivity index (χ0n) is 18.1. The summed E-state index contributed by atoms with van der Waals surface area (Å²) in [7, 11) is 1.34. The van der Waals surface area contributed by atoms with E-state index in [1.807, 2.05) is 13.0 Å². The van der Waals surface area contributed by atoms with Crippen LogP contribution in [0.25, 0.3) is 11.0 Å². The van der Waals surface area contributed by atoms with Crippen LogP contribution in [-0.2, 0) is 28.8 Å². The molecule has 1 N–H and O–H groups in total. The van der Waals surface area contributed by atoms with Gasteiger partial charge in [0, 0.05) is 22.4 Å². The van der Waals surface area contributed by atoms with Crippen LogP contribution in [0.1, 0.15) is 52.5 Å². The predicted molar refractivity (Wildman–Crippen MR) is 123 cm³/mol. The van der Waals surface area contributed by atoms with Gasteiger partial charge in [0.05, 0.1) is 12.7 Å². The molecule has 1 amide bonds. The first kappa shape index (κ1) is 22.1. The molecule has 1 aromatic carbocycles. The molecule has 8 heteroatoms. The molecule has 0 aliphatic heterocycles. The van der Waals surface area contributed by atoms with Crippen LogP contribution >= 0.6 is 11.3 Å². The maximum atomic E-state index is 12.6. The number of hydrogen-bond acceptors (Lipinski definition) is 7. The highest BCUT2D eigenvalue weighted by molar-refractivity contribution is 7.17. The van der Waals surface area contributed by atoms with E-state index in [-0.39, 0.29) is 12.5 Å². The minimum absolute atomic E-state index is 0.242. The van der Waals surface area contributed by atoms with Crippen molar-refractivity contribution in [2.45, 2.75) is 45.4 Å². The van der Waals surface area contributed by atoms with Crippen molar-refractivity contribution in [1.82, 2.24) is 0 Å². The maximum absolute atomic E-state index is 12.6. The molecule has 4 rings (SSSR count). The van der Waals surface area contributed by atoms with E-state index >= 15 is 0 Å². The summed E-state index contributed by atoms with van der Waals surface area (Å²) >= 11 is 1.43. The number of thiophene rings is 1. The van der Waals surface area contributed by atoms with Crippen LogP contribution in [0.2, 0.25) is 0 Å². The predicted octanol–water partition coefficient (Wildman–Crippen LogP) is 4.49. The molecule has 168 valence electrons. The summed E-state index contributed by atoms with van der Waals surface area (Å²) in [6, 6.07) is 6.71. The molecule has 0 spiro atoms. The SMILES string of the molecule is CCCc1cc(=O)oc2cc(OCC(=O)Nc3sc4c(c3C(=O)OC)CCCC4)ccc12. The highest BCUT2D eigenvalue weighted by Gasteiger charge is 2.27. The lowest BCUT2D eigenvalue weighted by atomic mass is 9.95. The smallest absolute Gasteiger partial charge is 0.341 e. The third-order valence-corrected chi connectivity index (χ3v) is 6.71. The largest absolute Gasteiger partial charge is 0.484 e. The van der Waals surface area contributed by atoms with Gasteiger partial charge in [0.2, 0.25) is 0 Å². The number of carbonyl (C=O) groups is 2. The van der Waals surface area contributed by atoms with Gasteiger partial charge in [-0.2, -0.15) is 0 Å². The lowest BCUT2D eigenvalue weighted by molar-refractivity contribution is -0.118. The number of hydrogen-bond donors (Lipinski definition) is 1. The Morgan fingerprint density at radius 3 is 2.78 bits per heavy atom. The van der Waals surface area contributed by atoms with Crippen molar-refractivity contribution in [1.29, 1.82) is 0 Å². The zero-order chi connectivity index (χ0) is 22.7. The van der Waals surface area contributed by atoms with Gasteiger partial charge in [-0.15, -0.1) is 11.3 Å². The second kappa shape index (κ2) is 9.56. The molecule has 0 saturated carbocycles. The average Bonchev–Trinajstić information content (AvgIpc) is 3.14. The Morgan fingerprint density at radius 1 is 1.19 bits per heavy atom. The first-order valence-corrected chi connectivity index (χ1v) is 11.5. The molecule has 7 nitrogen and oxygen atoms in total. The van der Waals surface area contributed by atoms with Gasteiger partial charge >= 0.3 is 11.6 Å². The van der Waals surface area contributed by atoms with E-state index in [1.165, 1.54) is 24.5 Å². The fourth-order valence-electron chi connectivity index (χ4n) is 4.06. The number of carbonyl (C=O) groups excluding carboxylic acids is 2. The van der Waals surface area contributed by atoms with Crippen LogP contribution in [0, 0.1) is 0 Å². The molecular formula is C24H25NO6S. The Kier molecular flexibility index (Phi) is 6.60. The van der Waals surface area contributed by atoms with Gasteiger partial charge in [-0.1, -0.05) is 13.3 Å². The quantitative estimate of drug-likeness (QED) is 0.417. The third-order valence-electron chi connectivity index (χ3n) is 5.50. The molecule has 2 heterocycles. The number of nitrogens with one attached hydrogen (secondary N) is 1. The van der Waals surface area contributed by atoms with Crippen molar-refractivity contribution < 1.29 is 23.5 Å². The normalized spacial score (nSPS) is 12.9. The van der Waals surface area contributed by atoms with E-state index in [1.54, 1.807) is 12.1 Å².